The molecule has 0 amide bonds. The van der Waals surface area contributed by atoms with Crippen LogP contribution in [0.25, 0.3) is 0 Å². The molecule has 4 saturated carbocycles. The highest BCUT2D eigenvalue weighted by Crippen LogP contribution is 2.63. The molecule has 246 valence electrons. The first kappa shape index (κ1) is 30.0. The Morgan fingerprint density at radius 2 is 1.66 bits per heavy atom. The fraction of sp³-hybridized carbons (Fsp3) is 0.581. The van der Waals surface area contributed by atoms with Crippen molar-refractivity contribution in [2.75, 3.05) is 0 Å². The van der Waals surface area contributed by atoms with Crippen molar-refractivity contribution in [2.24, 2.45) is 46.3 Å². The second-order valence-corrected chi connectivity index (χ2v) is 16.8. The number of benzene rings is 2. The monoisotopic (exact) mass is 630 g/mol. The van der Waals surface area contributed by atoms with Crippen LogP contribution in [0, 0.1) is 46.3 Å². The standard InChI is InChI=1S/C43H50O4/c1-42-22-20-33-31-14-10-29(24-27(31)8-12-35(33)37(42)16-18-39(42)44)46-40-19-17-38-36-13-9-28-25-30(47-41(45)26-6-4-3-5-7-26)11-15-32(28)34(36)21-23-43(38,40)2/h3-8,11,15,24-25,31,33-38,40H,9-10,12-14,16-23H2,1-2H3/t31-,33+,34+,35+,36+,37-,38-,40-,42-,43-/m0/s1. The van der Waals surface area contributed by atoms with Crippen molar-refractivity contribution in [1.29, 1.82) is 0 Å². The van der Waals surface area contributed by atoms with E-state index in [9.17, 15) is 9.59 Å². The highest BCUT2D eigenvalue weighted by atomic mass is 16.5. The second-order valence-electron chi connectivity index (χ2n) is 16.8. The summed E-state index contributed by atoms with van der Waals surface area (Å²) < 4.78 is 12.9. The van der Waals surface area contributed by atoms with E-state index in [2.05, 4.69) is 38.1 Å². The quantitative estimate of drug-likeness (QED) is 0.249. The van der Waals surface area contributed by atoms with Gasteiger partial charge in [-0.05, 0) is 159 Å². The van der Waals surface area contributed by atoms with Crippen LogP contribution in [0.2, 0.25) is 0 Å². The summed E-state index contributed by atoms with van der Waals surface area (Å²) in [6.07, 6.45) is 20.2. The number of fused-ring (bicyclic) bond motifs is 10. The number of carbonyl (C=O) groups excluding carboxylic acids is 2. The molecule has 0 unspecified atom stereocenters. The number of hydrogen-bond donors (Lipinski definition) is 0. The van der Waals surface area contributed by atoms with Gasteiger partial charge in [-0.25, -0.2) is 4.79 Å². The lowest BCUT2D eigenvalue weighted by molar-refractivity contribution is -0.130. The molecule has 4 nitrogen and oxygen atoms in total. The lowest BCUT2D eigenvalue weighted by Crippen LogP contribution is -2.46. The van der Waals surface area contributed by atoms with Gasteiger partial charge in [-0.1, -0.05) is 44.2 Å². The molecule has 9 rings (SSSR count). The summed E-state index contributed by atoms with van der Waals surface area (Å²) in [5.74, 6) is 6.86. The molecule has 4 fully saturated rings. The van der Waals surface area contributed by atoms with Crippen LogP contribution in [-0.4, -0.2) is 17.9 Å². The Balaban J connectivity index is 0.876. The van der Waals surface area contributed by atoms with Crippen LogP contribution in [-0.2, 0) is 16.0 Å². The maximum atomic E-state index is 12.8. The van der Waals surface area contributed by atoms with Crippen molar-refractivity contribution >= 4 is 11.8 Å². The Kier molecular flexibility index (Phi) is 7.14. The van der Waals surface area contributed by atoms with Gasteiger partial charge in [-0.15, -0.1) is 0 Å². The molecule has 10 atom stereocenters. The van der Waals surface area contributed by atoms with Crippen LogP contribution in [0.5, 0.6) is 5.75 Å². The summed E-state index contributed by atoms with van der Waals surface area (Å²) in [6, 6.07) is 15.7. The predicted molar refractivity (Wildman–Crippen MR) is 183 cm³/mol. The summed E-state index contributed by atoms with van der Waals surface area (Å²) >= 11 is 0. The van der Waals surface area contributed by atoms with E-state index in [4.69, 9.17) is 9.47 Å². The minimum absolute atomic E-state index is 0.0422. The maximum absolute atomic E-state index is 12.8. The second kappa shape index (κ2) is 11.2. The zero-order chi connectivity index (χ0) is 31.9. The summed E-state index contributed by atoms with van der Waals surface area (Å²) in [6.45, 7) is 4.83. The minimum Gasteiger partial charge on any atom is -0.494 e. The normalized spacial score (nSPS) is 40.0. The third-order valence-corrected chi connectivity index (χ3v) is 14.9. The average molecular weight is 631 g/mol. The molecule has 0 aliphatic heterocycles. The van der Waals surface area contributed by atoms with E-state index in [1.807, 2.05) is 24.3 Å². The van der Waals surface area contributed by atoms with E-state index >= 15 is 0 Å². The SMILES string of the molecule is C[C@]12CC[C@@H]3c4ccc(OC(=O)c5ccccc5)cc4CC[C@H]3[C@@H]1CC[C@@H]2OC1=CC2=CC[C@@H]3[C@H](CC[C@]4(C)C(=O)CC[C@@H]34)[C@H]2CC1. The number of ether oxygens (including phenoxy) is 2. The van der Waals surface area contributed by atoms with Crippen molar-refractivity contribution in [3.8, 4) is 5.75 Å². The Morgan fingerprint density at radius 3 is 2.53 bits per heavy atom. The van der Waals surface area contributed by atoms with E-state index < -0.39 is 0 Å². The number of rotatable bonds is 4. The van der Waals surface area contributed by atoms with Crippen molar-refractivity contribution in [1.82, 2.24) is 0 Å². The number of Topliss-reactive ketones (excluding diaryl/α,β-unsaturated/α-hetero) is 1. The molecule has 47 heavy (non-hydrogen) atoms. The molecule has 0 saturated heterocycles. The van der Waals surface area contributed by atoms with Crippen LogP contribution < -0.4 is 4.74 Å². The molecule has 0 heterocycles. The molecular formula is C43H50O4. The lowest BCUT2D eigenvalue weighted by atomic mass is 9.53. The first-order chi connectivity index (χ1) is 22.8. The molecule has 2 aromatic carbocycles. The van der Waals surface area contributed by atoms with Crippen LogP contribution >= 0.6 is 0 Å². The van der Waals surface area contributed by atoms with Gasteiger partial charge in [-0.2, -0.15) is 0 Å². The predicted octanol–water partition coefficient (Wildman–Crippen LogP) is 9.78. The Morgan fingerprint density at radius 1 is 0.787 bits per heavy atom. The molecule has 7 aliphatic carbocycles. The van der Waals surface area contributed by atoms with E-state index in [1.54, 1.807) is 17.7 Å². The third-order valence-electron chi connectivity index (χ3n) is 14.9. The summed E-state index contributed by atoms with van der Waals surface area (Å²) in [5, 5.41) is 0. The van der Waals surface area contributed by atoms with Crippen LogP contribution in [0.15, 0.2) is 72.0 Å². The number of carbonyl (C=O) groups is 2. The summed E-state index contributed by atoms with van der Waals surface area (Å²) in [5.41, 5.74) is 5.17. The van der Waals surface area contributed by atoms with E-state index in [0.29, 0.717) is 58.7 Å². The molecule has 0 bridgehead atoms. The van der Waals surface area contributed by atoms with E-state index in [-0.39, 0.29) is 16.8 Å². The number of ketones is 1. The fourth-order valence-electron chi connectivity index (χ4n) is 12.5. The molecule has 0 N–H and O–H groups in total. The number of esters is 1. The van der Waals surface area contributed by atoms with Gasteiger partial charge in [-0.3, -0.25) is 4.79 Å². The van der Waals surface area contributed by atoms with E-state index in [1.165, 1.54) is 61.8 Å². The Hall–Kier alpha value is -3.14. The Bertz CT molecular complexity index is 1650. The highest BCUT2D eigenvalue weighted by Gasteiger charge is 2.57. The first-order valence-corrected chi connectivity index (χ1v) is 18.8. The third kappa shape index (κ3) is 4.74. The van der Waals surface area contributed by atoms with Gasteiger partial charge in [0.2, 0.25) is 0 Å². The Labute approximate surface area is 280 Å². The average Bonchev–Trinajstić information content (AvgIpc) is 3.59. The largest absolute Gasteiger partial charge is 0.494 e. The van der Waals surface area contributed by atoms with Crippen LogP contribution in [0.4, 0.5) is 0 Å². The topological polar surface area (TPSA) is 52.6 Å². The molecule has 2 aromatic rings. The van der Waals surface area contributed by atoms with Crippen LogP contribution in [0.3, 0.4) is 0 Å². The smallest absolute Gasteiger partial charge is 0.343 e. The van der Waals surface area contributed by atoms with Gasteiger partial charge in [0.25, 0.3) is 0 Å². The highest BCUT2D eigenvalue weighted by molar-refractivity contribution is 5.91. The zero-order valence-corrected chi connectivity index (χ0v) is 28.2. The van der Waals surface area contributed by atoms with Crippen molar-refractivity contribution in [3.63, 3.8) is 0 Å². The van der Waals surface area contributed by atoms with Crippen molar-refractivity contribution in [3.05, 3.63) is 88.7 Å². The molecule has 0 radical (unpaired) electrons. The van der Waals surface area contributed by atoms with Crippen molar-refractivity contribution in [2.45, 2.75) is 109 Å². The number of aryl methyl sites for hydroxylation is 1. The first-order valence-electron chi connectivity index (χ1n) is 18.8. The molecule has 0 aromatic heterocycles. The van der Waals surface area contributed by atoms with Gasteiger partial charge in [0.15, 0.2) is 0 Å². The van der Waals surface area contributed by atoms with Gasteiger partial charge in [0, 0.05) is 23.7 Å². The van der Waals surface area contributed by atoms with Crippen molar-refractivity contribution < 1.29 is 19.1 Å². The molecular weight excluding hydrogens is 580 g/mol. The lowest BCUT2D eigenvalue weighted by Gasteiger charge is -2.51. The van der Waals surface area contributed by atoms with Gasteiger partial charge in [0.1, 0.15) is 17.6 Å². The van der Waals surface area contributed by atoms with Gasteiger partial charge in [0.05, 0.1) is 11.3 Å². The molecule has 4 heteroatoms. The van der Waals surface area contributed by atoms with Gasteiger partial charge < -0.3 is 9.47 Å². The maximum Gasteiger partial charge on any atom is 0.343 e. The van der Waals surface area contributed by atoms with Gasteiger partial charge >= 0.3 is 5.97 Å². The molecule has 7 aliphatic rings. The molecule has 0 spiro atoms. The minimum atomic E-state index is -0.291. The van der Waals surface area contributed by atoms with Crippen LogP contribution in [0.1, 0.15) is 118 Å². The number of hydrogen-bond acceptors (Lipinski definition) is 4. The fourth-order valence-corrected chi connectivity index (χ4v) is 12.5. The zero-order valence-electron chi connectivity index (χ0n) is 28.2. The van der Waals surface area contributed by atoms with E-state index in [0.717, 1.165) is 44.4 Å². The summed E-state index contributed by atoms with van der Waals surface area (Å²) in [4.78, 5) is 25.5. The number of allylic oxidation sites excluding steroid dienone is 4. The summed E-state index contributed by atoms with van der Waals surface area (Å²) in [7, 11) is 0.